The van der Waals surface area contributed by atoms with E-state index in [-0.39, 0.29) is 0 Å². The Morgan fingerprint density at radius 2 is 1.87 bits per heavy atom. The maximum Gasteiger partial charge on any atom is 0.0950 e. The Hall–Kier alpha value is -1.06. The summed E-state index contributed by atoms with van der Waals surface area (Å²) in [7, 11) is 0. The monoisotopic (exact) mass is 206 g/mol. The Labute approximate surface area is 90.8 Å². The van der Waals surface area contributed by atoms with Gasteiger partial charge in [0.05, 0.1) is 6.61 Å². The van der Waals surface area contributed by atoms with E-state index < -0.39 is 0 Å². The normalized spacial score (nSPS) is 16.7. The largest absolute Gasteiger partial charge is 0.371 e. The molecule has 2 N–H and O–H groups in total. The topological polar surface area (TPSA) is 38.5 Å². The second kappa shape index (κ2) is 5.14. The summed E-state index contributed by atoms with van der Waals surface area (Å²) in [5, 5.41) is 0. The average Bonchev–Trinajstić information content (AvgIpc) is 2.31. The molecular weight excluding hydrogens is 188 g/mol. The van der Waals surface area contributed by atoms with Gasteiger partial charge in [-0.05, 0) is 25.3 Å². The molecule has 2 rings (SSSR count). The molecule has 0 radical (unpaired) electrons. The molecule has 1 fully saturated rings. The summed E-state index contributed by atoms with van der Waals surface area (Å²) in [4.78, 5) is 7.16. The second-order valence-corrected chi connectivity index (χ2v) is 3.99. The number of nitrogens with zero attached hydrogens (tertiary/aromatic N) is 1. The Kier molecular flexibility index (Phi) is 3.59. The number of hydrogen-bond donors (Lipinski definition) is 1. The van der Waals surface area contributed by atoms with Crippen LogP contribution in [0.2, 0.25) is 0 Å². The van der Waals surface area contributed by atoms with Crippen LogP contribution in [-0.4, -0.2) is 13.1 Å². The van der Waals surface area contributed by atoms with Gasteiger partial charge in [-0.15, -0.1) is 0 Å². The van der Waals surface area contributed by atoms with Crippen molar-refractivity contribution >= 4 is 5.69 Å². The molecule has 0 atom stereocenters. The molecule has 0 amide bonds. The summed E-state index contributed by atoms with van der Waals surface area (Å²) in [6.07, 6.45) is 3.93. The first-order chi connectivity index (χ1) is 7.42. The number of hydrogen-bond acceptors (Lipinski definition) is 3. The fraction of sp³-hybridized carbons (Fsp3) is 0.500. The minimum atomic E-state index is 0.493. The zero-order valence-corrected chi connectivity index (χ0v) is 8.98. The zero-order valence-electron chi connectivity index (χ0n) is 8.98. The molecule has 15 heavy (non-hydrogen) atoms. The Bertz CT molecular complexity index is 308. The molecule has 0 saturated carbocycles. The average molecular weight is 206 g/mol. The predicted octanol–water partition coefficient (Wildman–Crippen LogP) is 2.07. The van der Waals surface area contributed by atoms with Crippen molar-refractivity contribution in [3.63, 3.8) is 0 Å². The molecule has 0 aromatic heterocycles. The number of nitrogens with two attached hydrogens (primary N) is 1. The molecular formula is C12H18N2O. The van der Waals surface area contributed by atoms with Crippen molar-refractivity contribution in [1.82, 2.24) is 0 Å². The third-order valence-corrected chi connectivity index (χ3v) is 2.93. The quantitative estimate of drug-likeness (QED) is 0.769. The molecule has 0 spiro atoms. The van der Waals surface area contributed by atoms with E-state index in [4.69, 9.17) is 10.7 Å². The Morgan fingerprint density at radius 1 is 1.13 bits per heavy atom. The van der Waals surface area contributed by atoms with Crippen LogP contribution in [0.15, 0.2) is 24.3 Å². The van der Waals surface area contributed by atoms with Crippen LogP contribution in [0.25, 0.3) is 0 Å². The first-order valence-electron chi connectivity index (χ1n) is 5.56. The van der Waals surface area contributed by atoms with E-state index in [9.17, 15) is 0 Å². The highest BCUT2D eigenvalue weighted by molar-refractivity contribution is 5.53. The van der Waals surface area contributed by atoms with Gasteiger partial charge in [-0.2, -0.15) is 0 Å². The fourth-order valence-corrected chi connectivity index (χ4v) is 2.17. The Morgan fingerprint density at radius 3 is 2.60 bits per heavy atom. The van der Waals surface area contributed by atoms with Crippen molar-refractivity contribution in [2.24, 2.45) is 5.90 Å². The standard InChI is InChI=1S/C12H18N2O/c13-15-10-11-6-2-3-7-12(11)14-8-4-1-5-9-14/h2-3,6-7H,1,4-5,8-10,13H2. The number of rotatable bonds is 3. The van der Waals surface area contributed by atoms with E-state index in [0.717, 1.165) is 13.1 Å². The second-order valence-electron chi connectivity index (χ2n) is 3.99. The third-order valence-electron chi connectivity index (χ3n) is 2.93. The SMILES string of the molecule is NOCc1ccccc1N1CCCCC1. The van der Waals surface area contributed by atoms with Crippen molar-refractivity contribution in [2.75, 3.05) is 18.0 Å². The van der Waals surface area contributed by atoms with Crippen LogP contribution in [0.4, 0.5) is 5.69 Å². The molecule has 1 aliphatic rings. The van der Waals surface area contributed by atoms with Gasteiger partial charge in [0.2, 0.25) is 0 Å². The van der Waals surface area contributed by atoms with Gasteiger partial charge >= 0.3 is 0 Å². The van der Waals surface area contributed by atoms with Crippen LogP contribution in [0.3, 0.4) is 0 Å². The maximum absolute atomic E-state index is 5.14. The van der Waals surface area contributed by atoms with Crippen molar-refractivity contribution in [2.45, 2.75) is 25.9 Å². The van der Waals surface area contributed by atoms with Gasteiger partial charge in [-0.1, -0.05) is 18.2 Å². The first-order valence-corrected chi connectivity index (χ1v) is 5.56. The van der Waals surface area contributed by atoms with E-state index in [1.807, 2.05) is 6.07 Å². The van der Waals surface area contributed by atoms with Crippen LogP contribution >= 0.6 is 0 Å². The predicted molar refractivity (Wildman–Crippen MR) is 61.5 cm³/mol. The van der Waals surface area contributed by atoms with Gasteiger partial charge in [-0.25, -0.2) is 5.90 Å². The van der Waals surface area contributed by atoms with Crippen LogP contribution in [-0.2, 0) is 11.4 Å². The lowest BCUT2D eigenvalue weighted by molar-refractivity contribution is 0.124. The van der Waals surface area contributed by atoms with Crippen molar-refractivity contribution in [1.29, 1.82) is 0 Å². The summed E-state index contributed by atoms with van der Waals surface area (Å²) in [5.74, 6) is 5.14. The molecule has 1 aromatic rings. The number of anilines is 1. The third kappa shape index (κ3) is 2.49. The lowest BCUT2D eigenvalue weighted by Gasteiger charge is -2.30. The zero-order chi connectivity index (χ0) is 10.5. The summed E-state index contributed by atoms with van der Waals surface area (Å²) >= 11 is 0. The molecule has 0 aliphatic carbocycles. The summed E-state index contributed by atoms with van der Waals surface area (Å²) in [6, 6.07) is 8.34. The van der Waals surface area contributed by atoms with Gasteiger partial charge in [0, 0.05) is 24.3 Å². The molecule has 3 heteroatoms. The molecule has 82 valence electrons. The molecule has 0 bridgehead atoms. The van der Waals surface area contributed by atoms with Crippen LogP contribution in [0.5, 0.6) is 0 Å². The molecule has 0 unspecified atom stereocenters. The highest BCUT2D eigenvalue weighted by Crippen LogP contribution is 2.24. The first kappa shape index (κ1) is 10.5. The summed E-state index contributed by atoms with van der Waals surface area (Å²) in [5.41, 5.74) is 2.46. The molecule has 1 aliphatic heterocycles. The van der Waals surface area contributed by atoms with E-state index in [0.29, 0.717) is 6.61 Å². The van der Waals surface area contributed by atoms with E-state index in [1.165, 1.54) is 30.5 Å². The van der Waals surface area contributed by atoms with Gasteiger partial charge in [0.15, 0.2) is 0 Å². The lowest BCUT2D eigenvalue weighted by atomic mass is 10.1. The number of para-hydroxylation sites is 1. The minimum Gasteiger partial charge on any atom is -0.371 e. The lowest BCUT2D eigenvalue weighted by Crippen LogP contribution is -2.30. The molecule has 3 nitrogen and oxygen atoms in total. The van der Waals surface area contributed by atoms with E-state index >= 15 is 0 Å². The van der Waals surface area contributed by atoms with Crippen molar-refractivity contribution in [3.8, 4) is 0 Å². The van der Waals surface area contributed by atoms with Gasteiger partial charge in [0.25, 0.3) is 0 Å². The fourth-order valence-electron chi connectivity index (χ4n) is 2.17. The minimum absolute atomic E-state index is 0.493. The van der Waals surface area contributed by atoms with Crippen molar-refractivity contribution in [3.05, 3.63) is 29.8 Å². The number of piperidine rings is 1. The van der Waals surface area contributed by atoms with Crippen LogP contribution in [0.1, 0.15) is 24.8 Å². The molecule has 1 aromatic carbocycles. The number of benzene rings is 1. The molecule has 1 saturated heterocycles. The van der Waals surface area contributed by atoms with Gasteiger partial charge in [0.1, 0.15) is 0 Å². The van der Waals surface area contributed by atoms with Crippen molar-refractivity contribution < 1.29 is 4.84 Å². The highest BCUT2D eigenvalue weighted by Gasteiger charge is 2.13. The Balaban J connectivity index is 2.17. The molecule has 1 heterocycles. The maximum atomic E-state index is 5.14. The smallest absolute Gasteiger partial charge is 0.0950 e. The van der Waals surface area contributed by atoms with Gasteiger partial charge < -0.3 is 4.90 Å². The van der Waals surface area contributed by atoms with Gasteiger partial charge in [-0.3, -0.25) is 4.84 Å². The highest BCUT2D eigenvalue weighted by atomic mass is 16.6. The van der Waals surface area contributed by atoms with Crippen LogP contribution < -0.4 is 10.8 Å². The van der Waals surface area contributed by atoms with E-state index in [1.54, 1.807) is 0 Å². The van der Waals surface area contributed by atoms with E-state index in [2.05, 4.69) is 23.1 Å². The summed E-state index contributed by atoms with van der Waals surface area (Å²) in [6.45, 7) is 2.80. The van der Waals surface area contributed by atoms with Crippen LogP contribution in [0, 0.1) is 0 Å². The summed E-state index contributed by atoms with van der Waals surface area (Å²) < 4.78 is 0.